The van der Waals surface area contributed by atoms with E-state index in [2.05, 4.69) is 12.2 Å². The van der Waals surface area contributed by atoms with Crippen LogP contribution in [0.25, 0.3) is 0 Å². The van der Waals surface area contributed by atoms with Gasteiger partial charge in [0.2, 0.25) is 0 Å². The van der Waals surface area contributed by atoms with E-state index in [0.717, 1.165) is 19.4 Å². The maximum atomic E-state index is 9.51. The number of ether oxygens (including phenoxy) is 4. The molecule has 0 aliphatic carbocycles. The molecule has 1 fully saturated rings. The maximum absolute atomic E-state index is 9.51. The number of aliphatic hydroxyl groups is 1. The standard InChI is InChI=1S/C14H29NO5/c1-2-3-4-17-5-6-18-7-8-19-9-10-20-14-12-15-11-13(14)16/h13-16H,2-12H2,1H3. The smallest absolute Gasteiger partial charge is 0.0971 e. The van der Waals surface area contributed by atoms with Crippen molar-refractivity contribution < 1.29 is 24.1 Å². The maximum Gasteiger partial charge on any atom is 0.0971 e. The molecule has 1 aliphatic rings. The quantitative estimate of drug-likeness (QED) is 0.472. The molecular formula is C14H29NO5. The summed E-state index contributed by atoms with van der Waals surface area (Å²) in [6.45, 7) is 7.71. The van der Waals surface area contributed by atoms with Gasteiger partial charge in [-0.3, -0.25) is 0 Å². The van der Waals surface area contributed by atoms with Crippen molar-refractivity contribution in [2.24, 2.45) is 0 Å². The van der Waals surface area contributed by atoms with Crippen molar-refractivity contribution in [3.8, 4) is 0 Å². The molecule has 0 aromatic heterocycles. The topological polar surface area (TPSA) is 69.2 Å². The fourth-order valence-corrected chi connectivity index (χ4v) is 1.86. The Balaban J connectivity index is 1.72. The summed E-state index contributed by atoms with van der Waals surface area (Å²) < 4.78 is 21.6. The number of hydrogen-bond acceptors (Lipinski definition) is 6. The zero-order chi connectivity index (χ0) is 14.5. The third-order valence-electron chi connectivity index (χ3n) is 3.07. The van der Waals surface area contributed by atoms with Crippen LogP contribution in [0.15, 0.2) is 0 Å². The van der Waals surface area contributed by atoms with Crippen molar-refractivity contribution in [2.75, 3.05) is 59.3 Å². The van der Waals surface area contributed by atoms with Crippen molar-refractivity contribution in [3.05, 3.63) is 0 Å². The second kappa shape index (κ2) is 12.5. The van der Waals surface area contributed by atoms with Crippen LogP contribution >= 0.6 is 0 Å². The van der Waals surface area contributed by atoms with Crippen LogP contribution in [0.5, 0.6) is 0 Å². The highest BCUT2D eigenvalue weighted by Crippen LogP contribution is 2.03. The fraction of sp³-hybridized carbons (Fsp3) is 1.00. The summed E-state index contributed by atoms with van der Waals surface area (Å²) in [7, 11) is 0. The number of rotatable bonds is 13. The summed E-state index contributed by atoms with van der Waals surface area (Å²) in [5.41, 5.74) is 0. The summed E-state index contributed by atoms with van der Waals surface area (Å²) in [5.74, 6) is 0. The predicted molar refractivity (Wildman–Crippen MR) is 76.0 cm³/mol. The average Bonchev–Trinajstić information content (AvgIpc) is 2.85. The Morgan fingerprint density at radius 3 is 2.05 bits per heavy atom. The second-order valence-electron chi connectivity index (χ2n) is 4.83. The van der Waals surface area contributed by atoms with Crippen LogP contribution in [0.1, 0.15) is 19.8 Å². The highest BCUT2D eigenvalue weighted by molar-refractivity contribution is 4.80. The fourth-order valence-electron chi connectivity index (χ4n) is 1.86. The largest absolute Gasteiger partial charge is 0.389 e. The predicted octanol–water partition coefficient (Wildman–Crippen LogP) is 0.186. The number of unbranched alkanes of at least 4 members (excludes halogenated alkanes) is 1. The molecule has 1 rings (SSSR count). The zero-order valence-corrected chi connectivity index (χ0v) is 12.5. The molecule has 6 heteroatoms. The van der Waals surface area contributed by atoms with Crippen molar-refractivity contribution >= 4 is 0 Å². The first-order valence-electron chi connectivity index (χ1n) is 7.58. The van der Waals surface area contributed by atoms with Crippen LogP contribution in [0, 0.1) is 0 Å². The van der Waals surface area contributed by atoms with E-state index in [4.69, 9.17) is 18.9 Å². The van der Waals surface area contributed by atoms with E-state index in [1.54, 1.807) is 0 Å². The van der Waals surface area contributed by atoms with Crippen molar-refractivity contribution in [1.82, 2.24) is 5.32 Å². The molecule has 120 valence electrons. The molecule has 1 saturated heterocycles. The van der Waals surface area contributed by atoms with E-state index < -0.39 is 6.10 Å². The Morgan fingerprint density at radius 1 is 0.900 bits per heavy atom. The lowest BCUT2D eigenvalue weighted by atomic mass is 10.3. The Morgan fingerprint density at radius 2 is 1.50 bits per heavy atom. The van der Waals surface area contributed by atoms with E-state index in [0.29, 0.717) is 52.7 Å². The molecule has 20 heavy (non-hydrogen) atoms. The van der Waals surface area contributed by atoms with Gasteiger partial charge >= 0.3 is 0 Å². The Labute approximate surface area is 121 Å². The van der Waals surface area contributed by atoms with Crippen LogP contribution in [-0.4, -0.2) is 76.7 Å². The van der Waals surface area contributed by atoms with Gasteiger partial charge in [0, 0.05) is 19.7 Å². The highest BCUT2D eigenvalue weighted by atomic mass is 16.6. The number of hydrogen-bond donors (Lipinski definition) is 2. The summed E-state index contributed by atoms with van der Waals surface area (Å²) >= 11 is 0. The normalized spacial score (nSPS) is 22.5. The molecule has 0 bridgehead atoms. The molecule has 0 saturated carbocycles. The number of β-amino-alcohol motifs (C(OH)–C–C–N with tert-alkyl or cyclic N) is 1. The highest BCUT2D eigenvalue weighted by Gasteiger charge is 2.24. The molecule has 0 aromatic carbocycles. The van der Waals surface area contributed by atoms with Crippen molar-refractivity contribution in [3.63, 3.8) is 0 Å². The lowest BCUT2D eigenvalue weighted by molar-refractivity contribution is -0.0420. The average molecular weight is 291 g/mol. The van der Waals surface area contributed by atoms with Crippen molar-refractivity contribution in [2.45, 2.75) is 32.0 Å². The Hall–Kier alpha value is -0.240. The van der Waals surface area contributed by atoms with Gasteiger partial charge in [0.15, 0.2) is 0 Å². The zero-order valence-electron chi connectivity index (χ0n) is 12.5. The third kappa shape index (κ3) is 8.84. The minimum Gasteiger partial charge on any atom is -0.389 e. The lowest BCUT2D eigenvalue weighted by Crippen LogP contribution is -2.28. The number of aliphatic hydroxyl groups excluding tert-OH is 1. The van der Waals surface area contributed by atoms with Gasteiger partial charge in [0.1, 0.15) is 0 Å². The van der Waals surface area contributed by atoms with Crippen LogP contribution in [-0.2, 0) is 18.9 Å². The molecule has 0 aromatic rings. The van der Waals surface area contributed by atoms with E-state index >= 15 is 0 Å². The summed E-state index contributed by atoms with van der Waals surface area (Å²) in [4.78, 5) is 0. The molecule has 2 N–H and O–H groups in total. The first kappa shape index (κ1) is 17.8. The summed E-state index contributed by atoms with van der Waals surface area (Å²) in [6.07, 6.45) is 1.76. The van der Waals surface area contributed by atoms with Crippen LogP contribution in [0.3, 0.4) is 0 Å². The SMILES string of the molecule is CCCCOCCOCCOCCOC1CNCC1O. The molecule has 1 aliphatic heterocycles. The van der Waals surface area contributed by atoms with E-state index in [9.17, 15) is 5.11 Å². The van der Waals surface area contributed by atoms with Gasteiger partial charge in [-0.05, 0) is 6.42 Å². The molecule has 6 nitrogen and oxygen atoms in total. The second-order valence-corrected chi connectivity index (χ2v) is 4.83. The van der Waals surface area contributed by atoms with Crippen molar-refractivity contribution in [1.29, 1.82) is 0 Å². The molecule has 0 amide bonds. The summed E-state index contributed by atoms with van der Waals surface area (Å²) in [6, 6.07) is 0. The molecular weight excluding hydrogens is 262 g/mol. The van der Waals surface area contributed by atoms with Gasteiger partial charge in [-0.1, -0.05) is 13.3 Å². The minimum atomic E-state index is -0.397. The van der Waals surface area contributed by atoms with Gasteiger partial charge in [-0.25, -0.2) is 0 Å². The van der Waals surface area contributed by atoms with E-state index in [1.807, 2.05) is 0 Å². The van der Waals surface area contributed by atoms with Gasteiger partial charge in [-0.15, -0.1) is 0 Å². The van der Waals surface area contributed by atoms with Gasteiger partial charge < -0.3 is 29.4 Å². The van der Waals surface area contributed by atoms with E-state index in [-0.39, 0.29) is 6.10 Å². The third-order valence-corrected chi connectivity index (χ3v) is 3.07. The lowest BCUT2D eigenvalue weighted by Gasteiger charge is -2.14. The molecule has 2 unspecified atom stereocenters. The number of nitrogens with one attached hydrogen (secondary N) is 1. The van der Waals surface area contributed by atoms with Crippen LogP contribution in [0.2, 0.25) is 0 Å². The van der Waals surface area contributed by atoms with Gasteiger partial charge in [-0.2, -0.15) is 0 Å². The Kier molecular flexibility index (Phi) is 11.1. The van der Waals surface area contributed by atoms with Crippen LogP contribution < -0.4 is 5.32 Å². The summed E-state index contributed by atoms with van der Waals surface area (Å²) in [5, 5.41) is 12.6. The molecule has 0 radical (unpaired) electrons. The Bertz CT molecular complexity index is 218. The molecule has 1 heterocycles. The molecule has 2 atom stereocenters. The van der Waals surface area contributed by atoms with Gasteiger partial charge in [0.25, 0.3) is 0 Å². The minimum absolute atomic E-state index is 0.102. The van der Waals surface area contributed by atoms with Crippen LogP contribution in [0.4, 0.5) is 0 Å². The first-order valence-corrected chi connectivity index (χ1v) is 7.58. The van der Waals surface area contributed by atoms with Gasteiger partial charge in [0.05, 0.1) is 51.8 Å². The van der Waals surface area contributed by atoms with E-state index in [1.165, 1.54) is 0 Å². The molecule has 0 spiro atoms. The monoisotopic (exact) mass is 291 g/mol. The first-order chi connectivity index (χ1) is 9.84.